The highest BCUT2D eigenvalue weighted by molar-refractivity contribution is 7.86. The number of ether oxygens (including phenoxy) is 1. The molecule has 0 radical (unpaired) electrons. The van der Waals surface area contributed by atoms with Gasteiger partial charge in [0.2, 0.25) is 0 Å². The number of rotatable bonds is 2. The van der Waals surface area contributed by atoms with Crippen molar-refractivity contribution in [1.29, 1.82) is 0 Å². The Kier molecular flexibility index (Phi) is 3.81. The fourth-order valence-electron chi connectivity index (χ4n) is 2.05. The first-order valence-electron chi connectivity index (χ1n) is 5.69. The molecule has 7 heteroatoms. The van der Waals surface area contributed by atoms with Crippen molar-refractivity contribution < 1.29 is 13.2 Å². The monoisotopic (exact) mass is 249 g/mol. The summed E-state index contributed by atoms with van der Waals surface area (Å²) in [5, 5.41) is 0. The van der Waals surface area contributed by atoms with Crippen LogP contribution in [0.5, 0.6) is 0 Å². The van der Waals surface area contributed by atoms with Crippen molar-refractivity contribution in [3.63, 3.8) is 0 Å². The Morgan fingerprint density at radius 1 is 1.00 bits per heavy atom. The zero-order chi connectivity index (χ0) is 11.6. The van der Waals surface area contributed by atoms with Gasteiger partial charge in [0, 0.05) is 32.2 Å². The van der Waals surface area contributed by atoms with Crippen LogP contribution in [0.2, 0.25) is 0 Å². The maximum Gasteiger partial charge on any atom is 0.282 e. The Bertz CT molecular complexity index is 319. The summed E-state index contributed by atoms with van der Waals surface area (Å²) in [4.78, 5) is 0. The molecule has 2 N–H and O–H groups in total. The molecule has 0 amide bonds. The van der Waals surface area contributed by atoms with E-state index >= 15 is 0 Å². The highest BCUT2D eigenvalue weighted by Crippen LogP contribution is 2.16. The number of nitrogens with two attached hydrogens (primary N) is 1. The molecule has 0 aromatic rings. The summed E-state index contributed by atoms with van der Waals surface area (Å²) in [7, 11) is -3.28. The Morgan fingerprint density at radius 3 is 2.06 bits per heavy atom. The van der Waals surface area contributed by atoms with E-state index in [0.717, 1.165) is 12.8 Å². The van der Waals surface area contributed by atoms with Gasteiger partial charge in [-0.25, -0.2) is 0 Å². The molecule has 0 spiro atoms. The minimum atomic E-state index is -3.28. The molecule has 2 heterocycles. The van der Waals surface area contributed by atoms with Crippen molar-refractivity contribution in [3.05, 3.63) is 0 Å². The van der Waals surface area contributed by atoms with Gasteiger partial charge in [-0.3, -0.25) is 0 Å². The van der Waals surface area contributed by atoms with E-state index in [4.69, 9.17) is 10.5 Å². The van der Waals surface area contributed by atoms with Crippen LogP contribution in [0.4, 0.5) is 0 Å². The van der Waals surface area contributed by atoms with Crippen LogP contribution < -0.4 is 5.73 Å². The predicted molar refractivity (Wildman–Crippen MR) is 60.1 cm³/mol. The summed E-state index contributed by atoms with van der Waals surface area (Å²) in [6, 6.07) is 0.149. The lowest BCUT2D eigenvalue weighted by Crippen LogP contribution is -2.52. The van der Waals surface area contributed by atoms with Gasteiger partial charge in [0.05, 0.1) is 13.2 Å². The summed E-state index contributed by atoms with van der Waals surface area (Å²) in [5.74, 6) is 0. The molecular weight excluding hydrogens is 230 g/mol. The maximum absolute atomic E-state index is 12.2. The number of piperidine rings is 1. The number of morpholine rings is 1. The minimum absolute atomic E-state index is 0.149. The van der Waals surface area contributed by atoms with Gasteiger partial charge in [-0.1, -0.05) is 0 Å². The van der Waals surface area contributed by atoms with E-state index in [2.05, 4.69) is 0 Å². The van der Waals surface area contributed by atoms with Crippen LogP contribution in [0.3, 0.4) is 0 Å². The number of nitrogens with zero attached hydrogens (tertiary/aromatic N) is 2. The fourth-order valence-corrected chi connectivity index (χ4v) is 3.66. The third kappa shape index (κ3) is 2.54. The summed E-state index contributed by atoms with van der Waals surface area (Å²) >= 11 is 0. The van der Waals surface area contributed by atoms with Crippen LogP contribution in [0.25, 0.3) is 0 Å². The molecule has 2 fully saturated rings. The van der Waals surface area contributed by atoms with Crippen LogP contribution in [0.1, 0.15) is 12.8 Å². The molecule has 2 aliphatic rings. The molecule has 0 aromatic heterocycles. The van der Waals surface area contributed by atoms with Crippen LogP contribution in [0.15, 0.2) is 0 Å². The van der Waals surface area contributed by atoms with Crippen molar-refractivity contribution in [2.24, 2.45) is 5.73 Å². The lowest BCUT2D eigenvalue weighted by molar-refractivity contribution is 0.0696. The van der Waals surface area contributed by atoms with Gasteiger partial charge in [0.25, 0.3) is 10.2 Å². The molecular formula is C9H19N3O3S. The third-order valence-corrected chi connectivity index (χ3v) is 5.16. The molecule has 0 aromatic carbocycles. The lowest BCUT2D eigenvalue weighted by atomic mass is 10.1. The lowest BCUT2D eigenvalue weighted by Gasteiger charge is -2.35. The first-order chi connectivity index (χ1) is 7.60. The van der Waals surface area contributed by atoms with Crippen LogP contribution in [-0.2, 0) is 14.9 Å². The van der Waals surface area contributed by atoms with Crippen molar-refractivity contribution in [1.82, 2.24) is 8.61 Å². The minimum Gasteiger partial charge on any atom is -0.379 e. The van der Waals surface area contributed by atoms with Gasteiger partial charge < -0.3 is 10.5 Å². The van der Waals surface area contributed by atoms with E-state index in [1.54, 1.807) is 4.31 Å². The van der Waals surface area contributed by atoms with Crippen molar-refractivity contribution in [2.75, 3.05) is 39.4 Å². The second kappa shape index (κ2) is 4.97. The topological polar surface area (TPSA) is 75.9 Å². The fraction of sp³-hybridized carbons (Fsp3) is 1.00. The van der Waals surface area contributed by atoms with E-state index in [1.165, 1.54) is 4.31 Å². The zero-order valence-electron chi connectivity index (χ0n) is 9.34. The molecule has 0 bridgehead atoms. The molecule has 2 rings (SSSR count). The van der Waals surface area contributed by atoms with E-state index in [-0.39, 0.29) is 6.04 Å². The summed E-state index contributed by atoms with van der Waals surface area (Å²) in [6.07, 6.45) is 1.51. The Labute approximate surface area is 96.5 Å². The maximum atomic E-state index is 12.2. The molecule has 0 unspecified atom stereocenters. The zero-order valence-corrected chi connectivity index (χ0v) is 10.2. The molecule has 16 heavy (non-hydrogen) atoms. The Morgan fingerprint density at radius 2 is 1.50 bits per heavy atom. The quantitative estimate of drug-likeness (QED) is 0.680. The van der Waals surface area contributed by atoms with Gasteiger partial charge in [-0.15, -0.1) is 0 Å². The molecule has 0 atom stereocenters. The SMILES string of the molecule is NC1CCN(S(=O)(=O)N2CCOCC2)CC1. The first kappa shape index (κ1) is 12.3. The number of hydrogen-bond donors (Lipinski definition) is 1. The summed E-state index contributed by atoms with van der Waals surface area (Å²) < 4.78 is 32.6. The first-order valence-corrected chi connectivity index (χ1v) is 7.09. The van der Waals surface area contributed by atoms with Crippen LogP contribution in [-0.4, -0.2) is 62.5 Å². The highest BCUT2D eigenvalue weighted by atomic mass is 32.2. The standard InChI is InChI=1S/C9H19N3O3S/c10-9-1-3-11(4-2-9)16(13,14)12-5-7-15-8-6-12/h9H,1-8,10H2. The Hall–Kier alpha value is -0.210. The third-order valence-electron chi connectivity index (χ3n) is 3.12. The second-order valence-electron chi connectivity index (χ2n) is 4.26. The van der Waals surface area contributed by atoms with Crippen LogP contribution >= 0.6 is 0 Å². The predicted octanol–water partition coefficient (Wildman–Crippen LogP) is -1.01. The molecule has 2 aliphatic heterocycles. The van der Waals surface area contributed by atoms with Gasteiger partial charge in [0.15, 0.2) is 0 Å². The largest absolute Gasteiger partial charge is 0.379 e. The molecule has 0 aliphatic carbocycles. The highest BCUT2D eigenvalue weighted by Gasteiger charge is 2.32. The average molecular weight is 249 g/mol. The van der Waals surface area contributed by atoms with E-state index in [9.17, 15) is 8.42 Å². The summed E-state index contributed by atoms with van der Waals surface area (Å²) in [6.45, 7) is 3.00. The molecule has 6 nitrogen and oxygen atoms in total. The Balaban J connectivity index is 2.00. The smallest absolute Gasteiger partial charge is 0.282 e. The molecule has 94 valence electrons. The molecule has 0 saturated carbocycles. The second-order valence-corrected chi connectivity index (χ2v) is 6.18. The van der Waals surface area contributed by atoms with Crippen molar-refractivity contribution in [2.45, 2.75) is 18.9 Å². The van der Waals surface area contributed by atoms with E-state index in [0.29, 0.717) is 39.4 Å². The van der Waals surface area contributed by atoms with Crippen LogP contribution in [0, 0.1) is 0 Å². The normalized spacial score (nSPS) is 27.1. The van der Waals surface area contributed by atoms with Crippen molar-refractivity contribution in [3.8, 4) is 0 Å². The van der Waals surface area contributed by atoms with Gasteiger partial charge >= 0.3 is 0 Å². The van der Waals surface area contributed by atoms with Crippen molar-refractivity contribution >= 4 is 10.2 Å². The van der Waals surface area contributed by atoms with Gasteiger partial charge in [-0.2, -0.15) is 17.0 Å². The van der Waals surface area contributed by atoms with E-state index in [1.807, 2.05) is 0 Å². The van der Waals surface area contributed by atoms with E-state index < -0.39 is 10.2 Å². The average Bonchev–Trinajstić information content (AvgIpc) is 2.31. The van der Waals surface area contributed by atoms with Gasteiger partial charge in [-0.05, 0) is 12.8 Å². The molecule has 2 saturated heterocycles. The number of hydrogen-bond acceptors (Lipinski definition) is 4. The summed E-state index contributed by atoms with van der Waals surface area (Å²) in [5.41, 5.74) is 5.76. The van der Waals surface area contributed by atoms with Gasteiger partial charge in [0.1, 0.15) is 0 Å².